The summed E-state index contributed by atoms with van der Waals surface area (Å²) < 4.78 is 16.1. The van der Waals surface area contributed by atoms with Gasteiger partial charge in [0.05, 0.1) is 14.2 Å². The molecular formula is C25H33NO6. The highest BCUT2D eigenvalue weighted by atomic mass is 16.5. The minimum Gasteiger partial charge on any atom is -0.493 e. The molecule has 0 spiro atoms. The van der Waals surface area contributed by atoms with Crippen molar-refractivity contribution >= 4 is 11.7 Å². The largest absolute Gasteiger partial charge is 0.493 e. The Morgan fingerprint density at radius 1 is 0.969 bits per heavy atom. The number of ketones is 1. The Labute approximate surface area is 189 Å². The van der Waals surface area contributed by atoms with Crippen molar-refractivity contribution < 1.29 is 28.9 Å². The number of benzene rings is 2. The van der Waals surface area contributed by atoms with Gasteiger partial charge in [-0.15, -0.1) is 0 Å². The van der Waals surface area contributed by atoms with Crippen LogP contribution in [-0.4, -0.2) is 50.3 Å². The summed E-state index contributed by atoms with van der Waals surface area (Å²) in [5.41, 5.74) is 1.79. The van der Waals surface area contributed by atoms with Crippen LogP contribution in [0, 0.1) is 5.92 Å². The van der Waals surface area contributed by atoms with E-state index in [0.717, 1.165) is 6.42 Å². The molecule has 2 N–H and O–H groups in total. The number of methoxy groups -OCH3 is 2. The SMILES string of the molecule is COc1cccc(OC)c1OCC(O)CNC(=O)CCC(=O)c1ccc(CC(C)C)cc1. The molecule has 0 heterocycles. The van der Waals surface area contributed by atoms with E-state index < -0.39 is 6.10 Å². The van der Waals surface area contributed by atoms with Gasteiger partial charge in [0.25, 0.3) is 0 Å². The summed E-state index contributed by atoms with van der Waals surface area (Å²) in [7, 11) is 3.03. The van der Waals surface area contributed by atoms with Gasteiger partial charge in [0.15, 0.2) is 17.3 Å². The summed E-state index contributed by atoms with van der Waals surface area (Å²) in [6.45, 7) is 4.25. The van der Waals surface area contributed by atoms with Gasteiger partial charge in [-0.05, 0) is 30.0 Å². The molecule has 1 unspecified atom stereocenters. The first-order valence-electron chi connectivity index (χ1n) is 10.7. The van der Waals surface area contributed by atoms with Gasteiger partial charge in [-0.3, -0.25) is 9.59 Å². The molecule has 2 rings (SSSR count). The predicted molar refractivity (Wildman–Crippen MR) is 123 cm³/mol. The molecule has 1 amide bonds. The molecule has 2 aromatic carbocycles. The van der Waals surface area contributed by atoms with Crippen molar-refractivity contribution in [1.29, 1.82) is 0 Å². The van der Waals surface area contributed by atoms with Gasteiger partial charge < -0.3 is 24.6 Å². The molecule has 7 heteroatoms. The monoisotopic (exact) mass is 443 g/mol. The molecule has 0 radical (unpaired) electrons. The number of nitrogens with one attached hydrogen (secondary N) is 1. The third-order valence-corrected chi connectivity index (χ3v) is 4.84. The maximum Gasteiger partial charge on any atom is 0.220 e. The lowest BCUT2D eigenvalue weighted by Gasteiger charge is -2.17. The quantitative estimate of drug-likeness (QED) is 0.461. The number of amides is 1. The summed E-state index contributed by atoms with van der Waals surface area (Å²) in [5, 5.41) is 12.8. The van der Waals surface area contributed by atoms with Crippen LogP contribution in [0.25, 0.3) is 0 Å². The minimum atomic E-state index is -0.933. The number of hydrogen-bond acceptors (Lipinski definition) is 6. The number of Topliss-reactive ketones (excluding diaryl/α,β-unsaturated/α-hetero) is 1. The maximum atomic E-state index is 12.3. The average molecular weight is 444 g/mol. The van der Waals surface area contributed by atoms with Gasteiger partial charge in [0.2, 0.25) is 11.7 Å². The van der Waals surface area contributed by atoms with Gasteiger partial charge in [0.1, 0.15) is 12.7 Å². The van der Waals surface area contributed by atoms with Crippen LogP contribution in [0.4, 0.5) is 0 Å². The average Bonchev–Trinajstić information content (AvgIpc) is 2.79. The van der Waals surface area contributed by atoms with Gasteiger partial charge in [0, 0.05) is 24.9 Å². The van der Waals surface area contributed by atoms with Crippen molar-refractivity contribution in [2.45, 2.75) is 39.2 Å². The molecule has 1 atom stereocenters. The van der Waals surface area contributed by atoms with Gasteiger partial charge in [-0.25, -0.2) is 0 Å². The number of carbonyl (C=O) groups is 2. The van der Waals surface area contributed by atoms with Crippen LogP contribution in [-0.2, 0) is 11.2 Å². The molecule has 2 aromatic rings. The van der Waals surface area contributed by atoms with Crippen molar-refractivity contribution in [2.24, 2.45) is 5.92 Å². The molecule has 0 aromatic heterocycles. The Morgan fingerprint density at radius 2 is 1.59 bits per heavy atom. The number of aliphatic hydroxyl groups excluding tert-OH is 1. The topological polar surface area (TPSA) is 94.1 Å². The highest BCUT2D eigenvalue weighted by molar-refractivity contribution is 5.97. The van der Waals surface area contributed by atoms with Crippen molar-refractivity contribution in [3.8, 4) is 17.2 Å². The molecule has 0 saturated heterocycles. The smallest absolute Gasteiger partial charge is 0.220 e. The van der Waals surface area contributed by atoms with Gasteiger partial charge in [-0.1, -0.05) is 44.2 Å². The molecule has 0 fully saturated rings. The first kappa shape index (κ1) is 25.2. The number of carbonyl (C=O) groups excluding carboxylic acids is 2. The lowest BCUT2D eigenvalue weighted by Crippen LogP contribution is -2.35. The van der Waals surface area contributed by atoms with Crippen LogP contribution < -0.4 is 19.5 Å². The standard InChI is InChI=1S/C25H33NO6/c1-17(2)14-18-8-10-19(11-9-18)21(28)12-13-24(29)26-15-20(27)16-32-25-22(30-3)6-5-7-23(25)31-4/h5-11,17,20,27H,12-16H2,1-4H3,(H,26,29). The Kier molecular flexibility index (Phi) is 10.0. The highest BCUT2D eigenvalue weighted by Crippen LogP contribution is 2.36. The zero-order valence-corrected chi connectivity index (χ0v) is 19.2. The second-order valence-electron chi connectivity index (χ2n) is 7.98. The molecule has 7 nitrogen and oxygen atoms in total. The summed E-state index contributed by atoms with van der Waals surface area (Å²) in [6, 6.07) is 12.8. The number of ether oxygens (including phenoxy) is 3. The van der Waals surface area contributed by atoms with Crippen molar-refractivity contribution in [1.82, 2.24) is 5.32 Å². The Hall–Kier alpha value is -3.06. The summed E-state index contributed by atoms with van der Waals surface area (Å²) in [6.07, 6.45) is 0.200. The van der Waals surface area contributed by atoms with E-state index in [-0.39, 0.29) is 37.7 Å². The van der Waals surface area contributed by atoms with E-state index in [9.17, 15) is 14.7 Å². The van der Waals surface area contributed by atoms with Crippen molar-refractivity contribution in [2.75, 3.05) is 27.4 Å². The van der Waals surface area contributed by atoms with E-state index in [1.165, 1.54) is 19.8 Å². The van der Waals surface area contributed by atoms with Gasteiger partial charge >= 0.3 is 0 Å². The lowest BCUT2D eigenvalue weighted by atomic mass is 9.99. The lowest BCUT2D eigenvalue weighted by molar-refractivity contribution is -0.121. The maximum absolute atomic E-state index is 12.3. The first-order chi connectivity index (χ1) is 15.3. The number of aliphatic hydroxyl groups is 1. The number of para-hydroxylation sites is 1. The van der Waals surface area contributed by atoms with E-state index in [0.29, 0.717) is 28.7 Å². The fraction of sp³-hybridized carbons (Fsp3) is 0.440. The van der Waals surface area contributed by atoms with E-state index in [2.05, 4.69) is 19.2 Å². The van der Waals surface area contributed by atoms with Crippen LogP contribution >= 0.6 is 0 Å². The summed E-state index contributed by atoms with van der Waals surface area (Å²) >= 11 is 0. The second kappa shape index (κ2) is 12.7. The summed E-state index contributed by atoms with van der Waals surface area (Å²) in [4.78, 5) is 24.4. The molecule has 0 aliphatic rings. The third kappa shape index (κ3) is 7.89. The molecule has 32 heavy (non-hydrogen) atoms. The Morgan fingerprint density at radius 3 is 2.16 bits per heavy atom. The molecule has 0 aliphatic heterocycles. The van der Waals surface area contributed by atoms with E-state index in [1.54, 1.807) is 18.2 Å². The van der Waals surface area contributed by atoms with Crippen LogP contribution in [0.15, 0.2) is 42.5 Å². The zero-order valence-electron chi connectivity index (χ0n) is 19.2. The second-order valence-corrected chi connectivity index (χ2v) is 7.98. The van der Waals surface area contributed by atoms with Crippen LogP contribution in [0.5, 0.6) is 17.2 Å². The molecule has 0 saturated carbocycles. The number of hydrogen-bond donors (Lipinski definition) is 2. The van der Waals surface area contributed by atoms with Crippen LogP contribution in [0.2, 0.25) is 0 Å². The minimum absolute atomic E-state index is 0.00832. The van der Waals surface area contributed by atoms with Gasteiger partial charge in [-0.2, -0.15) is 0 Å². The molecule has 0 aliphatic carbocycles. The normalized spacial score (nSPS) is 11.7. The number of rotatable bonds is 13. The Balaban J connectivity index is 1.74. The van der Waals surface area contributed by atoms with Crippen LogP contribution in [0.3, 0.4) is 0 Å². The first-order valence-corrected chi connectivity index (χ1v) is 10.7. The van der Waals surface area contributed by atoms with Crippen molar-refractivity contribution in [3.63, 3.8) is 0 Å². The van der Waals surface area contributed by atoms with E-state index in [4.69, 9.17) is 14.2 Å². The summed E-state index contributed by atoms with van der Waals surface area (Å²) in [5.74, 6) is 1.52. The Bertz CT molecular complexity index is 856. The predicted octanol–water partition coefficient (Wildman–Crippen LogP) is 3.42. The highest BCUT2D eigenvalue weighted by Gasteiger charge is 2.15. The molecule has 0 bridgehead atoms. The molecule has 174 valence electrons. The fourth-order valence-corrected chi connectivity index (χ4v) is 3.19. The van der Waals surface area contributed by atoms with Crippen molar-refractivity contribution in [3.05, 3.63) is 53.6 Å². The van der Waals surface area contributed by atoms with E-state index >= 15 is 0 Å². The zero-order chi connectivity index (χ0) is 23.5. The van der Waals surface area contributed by atoms with Crippen LogP contribution in [0.1, 0.15) is 42.6 Å². The van der Waals surface area contributed by atoms with E-state index in [1.807, 2.05) is 24.3 Å². The fourth-order valence-electron chi connectivity index (χ4n) is 3.19. The third-order valence-electron chi connectivity index (χ3n) is 4.84. The molecular weight excluding hydrogens is 410 g/mol.